The highest BCUT2D eigenvalue weighted by Gasteiger charge is 2.44. The highest BCUT2D eigenvalue weighted by molar-refractivity contribution is 5.96. The van der Waals surface area contributed by atoms with Gasteiger partial charge in [-0.15, -0.1) is 0 Å². The van der Waals surface area contributed by atoms with Gasteiger partial charge in [0.25, 0.3) is 0 Å². The third-order valence-electron chi connectivity index (χ3n) is 3.27. The molecule has 1 amide bonds. The molecule has 1 fully saturated rings. The topological polar surface area (TPSA) is 46.2 Å². The summed E-state index contributed by atoms with van der Waals surface area (Å²) in [6.45, 7) is 2.08. The van der Waals surface area contributed by atoms with Gasteiger partial charge >= 0.3 is 0 Å². The minimum atomic E-state index is -0.167. The minimum Gasteiger partial charge on any atom is -0.355 e. The lowest BCUT2D eigenvalue weighted by molar-refractivity contribution is -0.127. The van der Waals surface area contributed by atoms with Gasteiger partial charge in [-0.25, -0.2) is 0 Å². The predicted molar refractivity (Wildman–Crippen MR) is 65.7 cm³/mol. The van der Waals surface area contributed by atoms with E-state index < -0.39 is 0 Å². The second-order valence-electron chi connectivity index (χ2n) is 4.80. The molecular weight excluding hydrogens is 214 g/mol. The molecule has 0 saturated heterocycles. The number of ketones is 1. The molecule has 3 heteroatoms. The van der Waals surface area contributed by atoms with Gasteiger partial charge < -0.3 is 5.32 Å². The van der Waals surface area contributed by atoms with Crippen LogP contribution in [0.4, 0.5) is 0 Å². The molecule has 1 aliphatic rings. The molecule has 1 aliphatic carbocycles. The van der Waals surface area contributed by atoms with Crippen LogP contribution in [0.15, 0.2) is 30.3 Å². The van der Waals surface area contributed by atoms with Gasteiger partial charge in [0, 0.05) is 12.0 Å². The van der Waals surface area contributed by atoms with E-state index in [1.807, 2.05) is 18.2 Å². The Morgan fingerprint density at radius 2 is 1.88 bits per heavy atom. The van der Waals surface area contributed by atoms with Crippen LogP contribution >= 0.6 is 0 Å². The van der Waals surface area contributed by atoms with Crippen molar-refractivity contribution in [1.29, 1.82) is 0 Å². The van der Waals surface area contributed by atoms with E-state index in [0.29, 0.717) is 6.54 Å². The summed E-state index contributed by atoms with van der Waals surface area (Å²) < 4.78 is 0. The van der Waals surface area contributed by atoms with Crippen LogP contribution in [0.2, 0.25) is 0 Å². The summed E-state index contributed by atoms with van der Waals surface area (Å²) in [5.74, 6) is -0.258. The Bertz CT molecular complexity index is 421. The first kappa shape index (κ1) is 11.8. The van der Waals surface area contributed by atoms with Crippen molar-refractivity contribution in [3.63, 3.8) is 0 Å². The molecule has 17 heavy (non-hydrogen) atoms. The maximum absolute atomic E-state index is 11.4. The van der Waals surface area contributed by atoms with E-state index in [1.165, 1.54) is 12.5 Å². The van der Waals surface area contributed by atoms with Crippen LogP contribution in [-0.2, 0) is 15.0 Å². The van der Waals surface area contributed by atoms with Crippen LogP contribution in [0.1, 0.15) is 31.7 Å². The largest absolute Gasteiger partial charge is 0.355 e. The summed E-state index contributed by atoms with van der Waals surface area (Å²) in [6, 6.07) is 10.2. The Morgan fingerprint density at radius 1 is 1.24 bits per heavy atom. The second-order valence-corrected chi connectivity index (χ2v) is 4.80. The molecule has 0 aromatic heterocycles. The van der Waals surface area contributed by atoms with Gasteiger partial charge in [0.15, 0.2) is 0 Å². The predicted octanol–water partition coefficient (Wildman–Crippen LogP) is 1.81. The molecule has 0 spiro atoms. The third kappa shape index (κ3) is 2.93. The molecule has 2 rings (SSSR count). The molecule has 3 nitrogen and oxygen atoms in total. The maximum atomic E-state index is 11.4. The molecule has 0 bridgehead atoms. The normalized spacial score (nSPS) is 16.3. The number of nitrogens with one attached hydrogen (secondary N) is 1. The standard InChI is InChI=1S/C14H17NO2/c1-11(16)9-13(17)15-10-14(7-8-14)12-5-3-2-4-6-12/h2-6H,7-10H2,1H3,(H,15,17). The summed E-state index contributed by atoms with van der Waals surface area (Å²) in [5, 5.41) is 2.86. The molecule has 1 saturated carbocycles. The first-order valence-electron chi connectivity index (χ1n) is 5.94. The molecule has 0 atom stereocenters. The monoisotopic (exact) mass is 231 g/mol. The zero-order valence-electron chi connectivity index (χ0n) is 10.0. The van der Waals surface area contributed by atoms with Gasteiger partial charge in [0.05, 0.1) is 6.42 Å². The van der Waals surface area contributed by atoms with Gasteiger partial charge in [-0.2, -0.15) is 0 Å². The van der Waals surface area contributed by atoms with Gasteiger partial charge in [-0.05, 0) is 25.3 Å². The second kappa shape index (κ2) is 4.70. The van der Waals surface area contributed by atoms with Crippen LogP contribution in [-0.4, -0.2) is 18.2 Å². The summed E-state index contributed by atoms with van der Waals surface area (Å²) in [6.07, 6.45) is 2.21. The Morgan fingerprint density at radius 3 is 2.41 bits per heavy atom. The van der Waals surface area contributed by atoms with Crippen molar-refractivity contribution < 1.29 is 9.59 Å². The van der Waals surface area contributed by atoms with Crippen LogP contribution < -0.4 is 5.32 Å². The molecule has 1 aromatic carbocycles. The molecule has 0 aliphatic heterocycles. The fourth-order valence-electron chi connectivity index (χ4n) is 2.07. The Balaban J connectivity index is 1.91. The lowest BCUT2D eigenvalue weighted by Gasteiger charge is -2.16. The lowest BCUT2D eigenvalue weighted by Crippen LogP contribution is -2.33. The van der Waals surface area contributed by atoms with Gasteiger partial charge in [-0.3, -0.25) is 9.59 Å². The number of rotatable bonds is 5. The number of carbonyl (C=O) groups is 2. The molecular formula is C14H17NO2. The Hall–Kier alpha value is -1.64. The molecule has 1 aromatic rings. The number of hydrogen-bond donors (Lipinski definition) is 1. The van der Waals surface area contributed by atoms with Crippen LogP contribution in [0, 0.1) is 0 Å². The molecule has 1 N–H and O–H groups in total. The van der Waals surface area contributed by atoms with Crippen molar-refractivity contribution in [2.45, 2.75) is 31.6 Å². The van der Waals surface area contributed by atoms with Gasteiger partial charge in [0.1, 0.15) is 5.78 Å². The summed E-state index contributed by atoms with van der Waals surface area (Å²) in [4.78, 5) is 22.2. The third-order valence-corrected chi connectivity index (χ3v) is 3.27. The van der Waals surface area contributed by atoms with E-state index in [1.54, 1.807) is 0 Å². The quantitative estimate of drug-likeness (QED) is 0.786. The molecule has 90 valence electrons. The van der Waals surface area contributed by atoms with Crippen LogP contribution in [0.5, 0.6) is 0 Å². The highest BCUT2D eigenvalue weighted by atomic mass is 16.2. The average molecular weight is 231 g/mol. The zero-order valence-corrected chi connectivity index (χ0v) is 10.0. The first-order chi connectivity index (χ1) is 8.12. The summed E-state index contributed by atoms with van der Waals surface area (Å²) >= 11 is 0. The lowest BCUT2D eigenvalue weighted by atomic mass is 9.96. The minimum absolute atomic E-state index is 0.00906. The Kier molecular flexibility index (Phi) is 3.27. The van der Waals surface area contributed by atoms with Crippen molar-refractivity contribution in [3.8, 4) is 0 Å². The number of carbonyl (C=O) groups excluding carboxylic acids is 2. The smallest absolute Gasteiger partial charge is 0.227 e. The van der Waals surface area contributed by atoms with E-state index in [-0.39, 0.29) is 23.5 Å². The van der Waals surface area contributed by atoms with E-state index in [4.69, 9.17) is 0 Å². The Labute approximate surface area is 101 Å². The van der Waals surface area contributed by atoms with Crippen molar-refractivity contribution in [1.82, 2.24) is 5.32 Å². The van der Waals surface area contributed by atoms with E-state index in [9.17, 15) is 9.59 Å². The van der Waals surface area contributed by atoms with Crippen molar-refractivity contribution >= 4 is 11.7 Å². The van der Waals surface area contributed by atoms with Crippen molar-refractivity contribution in [3.05, 3.63) is 35.9 Å². The maximum Gasteiger partial charge on any atom is 0.227 e. The number of Topliss-reactive ketones (excluding diaryl/α,β-unsaturated/α-hetero) is 1. The van der Waals surface area contributed by atoms with Gasteiger partial charge in [0.2, 0.25) is 5.91 Å². The van der Waals surface area contributed by atoms with Crippen molar-refractivity contribution in [2.24, 2.45) is 0 Å². The highest BCUT2D eigenvalue weighted by Crippen LogP contribution is 2.47. The molecule has 0 heterocycles. The number of benzene rings is 1. The SMILES string of the molecule is CC(=O)CC(=O)NCC1(c2ccccc2)CC1. The van der Waals surface area contributed by atoms with Crippen molar-refractivity contribution in [2.75, 3.05) is 6.54 Å². The van der Waals surface area contributed by atoms with Crippen LogP contribution in [0.3, 0.4) is 0 Å². The zero-order chi connectivity index (χ0) is 12.3. The van der Waals surface area contributed by atoms with E-state index >= 15 is 0 Å². The average Bonchev–Trinajstić information content (AvgIpc) is 3.08. The first-order valence-corrected chi connectivity index (χ1v) is 5.94. The van der Waals surface area contributed by atoms with Crippen LogP contribution in [0.25, 0.3) is 0 Å². The fraction of sp³-hybridized carbons (Fsp3) is 0.429. The molecule has 0 radical (unpaired) electrons. The summed E-state index contributed by atoms with van der Waals surface area (Å²) in [5.41, 5.74) is 1.40. The number of hydrogen-bond acceptors (Lipinski definition) is 2. The van der Waals surface area contributed by atoms with E-state index in [0.717, 1.165) is 12.8 Å². The fourth-order valence-corrected chi connectivity index (χ4v) is 2.07. The van der Waals surface area contributed by atoms with E-state index in [2.05, 4.69) is 17.4 Å². The summed E-state index contributed by atoms with van der Waals surface area (Å²) in [7, 11) is 0. The molecule has 0 unspecified atom stereocenters. The van der Waals surface area contributed by atoms with Gasteiger partial charge in [-0.1, -0.05) is 30.3 Å². The number of amides is 1.